The van der Waals surface area contributed by atoms with E-state index in [2.05, 4.69) is 44.2 Å². The summed E-state index contributed by atoms with van der Waals surface area (Å²) in [7, 11) is 0. The molecule has 1 saturated heterocycles. The first kappa shape index (κ1) is 15.8. The van der Waals surface area contributed by atoms with Crippen molar-refractivity contribution < 1.29 is 9.39 Å². The zero-order valence-corrected chi connectivity index (χ0v) is 15.1. The smallest absolute Gasteiger partial charge is 0.359 e. The van der Waals surface area contributed by atoms with Gasteiger partial charge in [0, 0.05) is 17.9 Å². The minimum Gasteiger partial charge on any atom is -0.421 e. The summed E-state index contributed by atoms with van der Waals surface area (Å²) in [5.41, 5.74) is 2.02. The molecule has 5 nitrogen and oxygen atoms in total. The molecule has 0 spiro atoms. The van der Waals surface area contributed by atoms with E-state index in [1.807, 2.05) is 24.5 Å². The zero-order chi connectivity index (χ0) is 16.9. The first-order valence-corrected chi connectivity index (χ1v) is 8.95. The molecule has 124 valence electrons. The third-order valence-corrected chi connectivity index (χ3v) is 5.89. The monoisotopic (exact) mass is 341 g/mol. The summed E-state index contributed by atoms with van der Waals surface area (Å²) >= 11 is 1.68. The predicted molar refractivity (Wildman–Crippen MR) is 96.9 cm³/mol. The van der Waals surface area contributed by atoms with Crippen molar-refractivity contribution in [2.75, 3.05) is 6.51 Å². The Morgan fingerprint density at radius 1 is 1.21 bits per heavy atom. The number of rotatable bonds is 2. The normalized spacial score (nSPS) is 19.8. The number of ether oxygens (including phenoxy) is 1. The van der Waals surface area contributed by atoms with Crippen LogP contribution in [0.2, 0.25) is 0 Å². The second-order valence-electron chi connectivity index (χ2n) is 7.10. The highest BCUT2D eigenvalue weighted by atomic mass is 32.1. The summed E-state index contributed by atoms with van der Waals surface area (Å²) in [5, 5.41) is 6.48. The van der Waals surface area contributed by atoms with Crippen LogP contribution in [-0.4, -0.2) is 39.2 Å². The second kappa shape index (κ2) is 5.41. The fourth-order valence-corrected chi connectivity index (χ4v) is 3.51. The van der Waals surface area contributed by atoms with Crippen LogP contribution in [0.3, 0.4) is 0 Å². The molecule has 0 bridgehead atoms. The molecule has 0 saturated carbocycles. The van der Waals surface area contributed by atoms with Crippen LogP contribution >= 0.6 is 11.3 Å². The Bertz CT molecular complexity index is 873. The van der Waals surface area contributed by atoms with E-state index >= 15 is 0 Å². The number of hydrogen-bond acceptors (Lipinski definition) is 5. The van der Waals surface area contributed by atoms with E-state index in [1.54, 1.807) is 15.9 Å². The standard InChI is InChI=1S/C17H20BN3O2S/c1-16(2)17(3,4)23-18(11-22-16)12-10-19-21-8-7-13(20-15(12)21)14-6-5-9-24-14/h5-10H,11H2,1-4H3. The van der Waals surface area contributed by atoms with E-state index in [4.69, 9.17) is 14.4 Å². The fourth-order valence-electron chi connectivity index (χ4n) is 2.82. The molecule has 0 aromatic carbocycles. The van der Waals surface area contributed by atoms with Gasteiger partial charge in [-0.25, -0.2) is 9.50 Å². The van der Waals surface area contributed by atoms with Crippen molar-refractivity contribution in [2.45, 2.75) is 38.9 Å². The number of fused-ring (bicyclic) bond motifs is 1. The Kier molecular flexibility index (Phi) is 3.56. The molecule has 0 N–H and O–H groups in total. The molecule has 3 aromatic rings. The molecular weight excluding hydrogens is 321 g/mol. The van der Waals surface area contributed by atoms with Gasteiger partial charge in [-0.2, -0.15) is 5.10 Å². The Hall–Kier alpha value is -1.70. The molecule has 4 heterocycles. The molecule has 1 aliphatic rings. The number of nitrogens with zero attached hydrogens (tertiary/aromatic N) is 3. The Morgan fingerprint density at radius 3 is 2.75 bits per heavy atom. The molecule has 24 heavy (non-hydrogen) atoms. The lowest BCUT2D eigenvalue weighted by Crippen LogP contribution is -2.61. The van der Waals surface area contributed by atoms with Crippen LogP contribution < -0.4 is 5.46 Å². The Balaban J connectivity index is 1.74. The maximum Gasteiger partial charge on any atom is 0.359 e. The van der Waals surface area contributed by atoms with Gasteiger partial charge in [0.15, 0.2) is 5.65 Å². The first-order valence-electron chi connectivity index (χ1n) is 8.07. The van der Waals surface area contributed by atoms with Crippen molar-refractivity contribution in [3.63, 3.8) is 0 Å². The van der Waals surface area contributed by atoms with Gasteiger partial charge in [0.25, 0.3) is 0 Å². The summed E-state index contributed by atoms with van der Waals surface area (Å²) in [4.78, 5) is 5.96. The lowest BCUT2D eigenvalue weighted by Gasteiger charge is -2.47. The van der Waals surface area contributed by atoms with Crippen molar-refractivity contribution >= 4 is 29.4 Å². The lowest BCUT2D eigenvalue weighted by molar-refractivity contribution is -0.152. The van der Waals surface area contributed by atoms with E-state index in [1.165, 1.54) is 0 Å². The highest BCUT2D eigenvalue weighted by Crippen LogP contribution is 2.33. The molecule has 0 atom stereocenters. The zero-order valence-electron chi connectivity index (χ0n) is 14.3. The molecule has 7 heteroatoms. The number of hydrogen-bond donors (Lipinski definition) is 0. The van der Waals surface area contributed by atoms with Gasteiger partial charge in [-0.05, 0) is 45.2 Å². The quantitative estimate of drug-likeness (QED) is 0.673. The van der Waals surface area contributed by atoms with Crippen LogP contribution in [0.5, 0.6) is 0 Å². The summed E-state index contributed by atoms with van der Waals surface area (Å²) < 4.78 is 14.2. The van der Waals surface area contributed by atoms with Crippen LogP contribution in [0, 0.1) is 0 Å². The fraction of sp³-hybridized carbons (Fsp3) is 0.412. The van der Waals surface area contributed by atoms with Crippen molar-refractivity contribution in [1.29, 1.82) is 0 Å². The highest BCUT2D eigenvalue weighted by molar-refractivity contribution is 7.13. The van der Waals surface area contributed by atoms with Crippen molar-refractivity contribution in [3.8, 4) is 10.6 Å². The van der Waals surface area contributed by atoms with E-state index < -0.39 is 5.60 Å². The number of aromatic nitrogens is 3. The van der Waals surface area contributed by atoms with E-state index in [9.17, 15) is 0 Å². The topological polar surface area (TPSA) is 48.7 Å². The van der Waals surface area contributed by atoms with E-state index in [-0.39, 0.29) is 12.5 Å². The molecule has 0 amide bonds. The minimum atomic E-state index is -0.393. The minimum absolute atomic E-state index is 0.170. The van der Waals surface area contributed by atoms with Gasteiger partial charge in [-0.15, -0.1) is 11.3 Å². The van der Waals surface area contributed by atoms with Gasteiger partial charge in [0.1, 0.15) is 0 Å². The molecule has 0 radical (unpaired) electrons. The van der Waals surface area contributed by atoms with E-state index in [0.717, 1.165) is 21.7 Å². The average molecular weight is 341 g/mol. The molecule has 4 rings (SSSR count). The van der Waals surface area contributed by atoms with Crippen LogP contribution in [0.25, 0.3) is 16.2 Å². The molecule has 0 unspecified atom stereocenters. The van der Waals surface area contributed by atoms with Crippen molar-refractivity contribution in [3.05, 3.63) is 36.0 Å². The van der Waals surface area contributed by atoms with Gasteiger partial charge >= 0.3 is 6.92 Å². The summed E-state index contributed by atoms with van der Waals surface area (Å²) in [6, 6.07) is 6.10. The predicted octanol–water partition coefficient (Wildman–Crippen LogP) is 2.80. The first-order chi connectivity index (χ1) is 11.4. The van der Waals surface area contributed by atoms with Crippen LogP contribution in [0.4, 0.5) is 0 Å². The average Bonchev–Trinajstić information content (AvgIpc) is 3.18. The SMILES string of the molecule is CC1(C)OCB(c2cnn3ccc(-c4cccs4)nc23)OC1(C)C. The van der Waals surface area contributed by atoms with Gasteiger partial charge in [-0.1, -0.05) is 6.07 Å². The molecule has 3 aromatic heterocycles. The maximum atomic E-state index is 6.36. The summed E-state index contributed by atoms with van der Waals surface area (Å²) in [6.45, 7) is 8.59. The molecule has 1 aliphatic heterocycles. The summed E-state index contributed by atoms with van der Waals surface area (Å²) in [5.74, 6) is 0. The van der Waals surface area contributed by atoms with Gasteiger partial charge in [0.2, 0.25) is 0 Å². The van der Waals surface area contributed by atoms with E-state index in [0.29, 0.717) is 6.51 Å². The number of thiophene rings is 1. The highest BCUT2D eigenvalue weighted by Gasteiger charge is 2.47. The molecule has 0 aliphatic carbocycles. The third-order valence-electron chi connectivity index (χ3n) is 5.00. The Labute approximate surface area is 145 Å². The van der Waals surface area contributed by atoms with Gasteiger partial charge in [0.05, 0.1) is 28.3 Å². The van der Waals surface area contributed by atoms with Gasteiger partial charge < -0.3 is 9.39 Å². The van der Waals surface area contributed by atoms with Crippen LogP contribution in [0.15, 0.2) is 36.0 Å². The van der Waals surface area contributed by atoms with Crippen LogP contribution in [-0.2, 0) is 9.39 Å². The maximum absolute atomic E-state index is 6.36. The lowest BCUT2D eigenvalue weighted by atomic mass is 9.60. The molecule has 1 fully saturated rings. The molecular formula is C17H20BN3O2S. The van der Waals surface area contributed by atoms with Crippen molar-refractivity contribution in [2.24, 2.45) is 0 Å². The second-order valence-corrected chi connectivity index (χ2v) is 8.04. The van der Waals surface area contributed by atoms with Crippen LogP contribution in [0.1, 0.15) is 27.7 Å². The van der Waals surface area contributed by atoms with Gasteiger partial charge in [-0.3, -0.25) is 0 Å². The summed E-state index contributed by atoms with van der Waals surface area (Å²) in [6.07, 6.45) is 3.78. The largest absolute Gasteiger partial charge is 0.421 e. The third kappa shape index (κ3) is 2.47. The van der Waals surface area contributed by atoms with Crippen molar-refractivity contribution in [1.82, 2.24) is 14.6 Å². The Morgan fingerprint density at radius 2 is 2.04 bits per heavy atom.